The SMILES string of the molecule is CCCN(C(=O)C1CC(O)CN1)C(C)c1ccccc1Br. The number of benzene rings is 1. The largest absolute Gasteiger partial charge is 0.392 e. The van der Waals surface area contributed by atoms with Gasteiger partial charge < -0.3 is 15.3 Å². The molecular weight excluding hydrogens is 332 g/mol. The van der Waals surface area contributed by atoms with Gasteiger partial charge in [-0.25, -0.2) is 0 Å². The van der Waals surface area contributed by atoms with E-state index in [-0.39, 0.29) is 18.0 Å². The van der Waals surface area contributed by atoms with Crippen molar-refractivity contribution >= 4 is 21.8 Å². The van der Waals surface area contributed by atoms with Gasteiger partial charge in [0.05, 0.1) is 18.2 Å². The topological polar surface area (TPSA) is 52.6 Å². The fourth-order valence-electron chi connectivity index (χ4n) is 2.82. The molecule has 1 aliphatic heterocycles. The first-order valence-electron chi connectivity index (χ1n) is 7.51. The van der Waals surface area contributed by atoms with Crippen LogP contribution in [0.15, 0.2) is 28.7 Å². The Kier molecular flexibility index (Phi) is 5.79. The van der Waals surface area contributed by atoms with Gasteiger partial charge >= 0.3 is 0 Å². The maximum Gasteiger partial charge on any atom is 0.240 e. The van der Waals surface area contributed by atoms with Gasteiger partial charge in [0.15, 0.2) is 0 Å². The summed E-state index contributed by atoms with van der Waals surface area (Å²) in [4.78, 5) is 14.7. The molecular formula is C16H23BrN2O2. The van der Waals surface area contributed by atoms with Crippen LogP contribution in [-0.4, -0.2) is 41.1 Å². The van der Waals surface area contributed by atoms with Gasteiger partial charge in [0, 0.05) is 17.6 Å². The number of rotatable bonds is 5. The molecule has 1 aromatic carbocycles. The summed E-state index contributed by atoms with van der Waals surface area (Å²) in [6, 6.07) is 7.74. The molecule has 3 unspecified atom stereocenters. The molecule has 1 saturated heterocycles. The first kappa shape index (κ1) is 16.5. The highest BCUT2D eigenvalue weighted by Gasteiger charge is 2.33. The quantitative estimate of drug-likeness (QED) is 0.853. The molecule has 2 rings (SSSR count). The molecule has 4 nitrogen and oxygen atoms in total. The van der Waals surface area contributed by atoms with E-state index in [1.165, 1.54) is 0 Å². The predicted molar refractivity (Wildman–Crippen MR) is 87.0 cm³/mol. The summed E-state index contributed by atoms with van der Waals surface area (Å²) in [5, 5.41) is 12.7. The lowest BCUT2D eigenvalue weighted by molar-refractivity contribution is -0.135. The highest BCUT2D eigenvalue weighted by molar-refractivity contribution is 9.10. The van der Waals surface area contributed by atoms with Crippen LogP contribution < -0.4 is 5.32 Å². The number of aliphatic hydroxyl groups is 1. The number of amides is 1. The third-order valence-electron chi connectivity index (χ3n) is 3.98. The third-order valence-corrected chi connectivity index (χ3v) is 4.70. The molecule has 1 aliphatic rings. The van der Waals surface area contributed by atoms with E-state index in [0.717, 1.165) is 23.0 Å². The van der Waals surface area contributed by atoms with Crippen molar-refractivity contribution < 1.29 is 9.90 Å². The zero-order chi connectivity index (χ0) is 15.4. The second-order valence-electron chi connectivity index (χ2n) is 5.58. The lowest BCUT2D eigenvalue weighted by Crippen LogP contribution is -2.45. The highest BCUT2D eigenvalue weighted by atomic mass is 79.9. The second-order valence-corrected chi connectivity index (χ2v) is 6.43. The molecule has 0 bridgehead atoms. The molecule has 5 heteroatoms. The monoisotopic (exact) mass is 354 g/mol. The summed E-state index contributed by atoms with van der Waals surface area (Å²) in [5.41, 5.74) is 1.11. The fourth-order valence-corrected chi connectivity index (χ4v) is 3.44. The number of hydrogen-bond donors (Lipinski definition) is 2. The van der Waals surface area contributed by atoms with Crippen LogP contribution in [0.5, 0.6) is 0 Å². The number of aliphatic hydroxyl groups excluding tert-OH is 1. The molecule has 0 aliphatic carbocycles. The van der Waals surface area contributed by atoms with Crippen LogP contribution >= 0.6 is 15.9 Å². The Hall–Kier alpha value is -0.910. The third kappa shape index (κ3) is 3.84. The second kappa shape index (κ2) is 7.38. The van der Waals surface area contributed by atoms with E-state index in [9.17, 15) is 9.90 Å². The van der Waals surface area contributed by atoms with E-state index in [0.29, 0.717) is 13.0 Å². The first-order chi connectivity index (χ1) is 10.0. The maximum absolute atomic E-state index is 12.7. The maximum atomic E-state index is 12.7. The van der Waals surface area contributed by atoms with Gasteiger partial charge in [-0.3, -0.25) is 4.79 Å². The van der Waals surface area contributed by atoms with Gasteiger partial charge in [-0.05, 0) is 31.4 Å². The Morgan fingerprint density at radius 2 is 2.24 bits per heavy atom. The summed E-state index contributed by atoms with van der Waals surface area (Å²) >= 11 is 3.56. The number of halogens is 1. The van der Waals surface area contributed by atoms with Gasteiger partial charge in [0.2, 0.25) is 5.91 Å². The van der Waals surface area contributed by atoms with Crippen molar-refractivity contribution in [2.75, 3.05) is 13.1 Å². The molecule has 21 heavy (non-hydrogen) atoms. The Balaban J connectivity index is 2.18. The predicted octanol–water partition coefficient (Wildman–Crippen LogP) is 2.47. The average molecular weight is 355 g/mol. The fraction of sp³-hybridized carbons (Fsp3) is 0.562. The minimum atomic E-state index is -0.416. The standard InChI is InChI=1S/C16H23BrN2O2/c1-3-8-19(16(21)15-9-12(20)10-18-15)11(2)13-6-4-5-7-14(13)17/h4-7,11-12,15,18,20H,3,8-10H2,1-2H3. The highest BCUT2D eigenvalue weighted by Crippen LogP contribution is 2.28. The number of carbonyl (C=O) groups excluding carboxylic acids is 1. The van der Waals surface area contributed by atoms with E-state index in [2.05, 4.69) is 35.1 Å². The van der Waals surface area contributed by atoms with Crippen molar-refractivity contribution in [3.05, 3.63) is 34.3 Å². The van der Waals surface area contributed by atoms with Gasteiger partial charge in [-0.15, -0.1) is 0 Å². The van der Waals surface area contributed by atoms with Crippen molar-refractivity contribution in [3.63, 3.8) is 0 Å². The van der Waals surface area contributed by atoms with Crippen LogP contribution in [0.25, 0.3) is 0 Å². The van der Waals surface area contributed by atoms with E-state index in [4.69, 9.17) is 0 Å². The van der Waals surface area contributed by atoms with Gasteiger partial charge in [-0.2, -0.15) is 0 Å². The van der Waals surface area contributed by atoms with Gasteiger partial charge in [-0.1, -0.05) is 41.1 Å². The van der Waals surface area contributed by atoms with Crippen LogP contribution in [0.3, 0.4) is 0 Å². The van der Waals surface area contributed by atoms with E-state index < -0.39 is 6.10 Å². The van der Waals surface area contributed by atoms with Crippen molar-refractivity contribution in [1.29, 1.82) is 0 Å². The Labute approximate surface area is 134 Å². The minimum Gasteiger partial charge on any atom is -0.392 e. The number of carbonyl (C=O) groups is 1. The van der Waals surface area contributed by atoms with Crippen LogP contribution in [0.2, 0.25) is 0 Å². The van der Waals surface area contributed by atoms with Crippen molar-refractivity contribution in [3.8, 4) is 0 Å². The molecule has 3 atom stereocenters. The van der Waals surface area contributed by atoms with E-state index >= 15 is 0 Å². The minimum absolute atomic E-state index is 0.00701. The normalized spacial score (nSPS) is 23.0. The zero-order valence-corrected chi connectivity index (χ0v) is 14.1. The van der Waals surface area contributed by atoms with E-state index in [1.54, 1.807) is 0 Å². The molecule has 1 heterocycles. The molecule has 1 aromatic rings. The lowest BCUT2D eigenvalue weighted by atomic mass is 10.0. The summed E-state index contributed by atoms with van der Waals surface area (Å²) in [6.07, 6.45) is 0.999. The molecule has 116 valence electrons. The smallest absolute Gasteiger partial charge is 0.240 e. The molecule has 0 radical (unpaired) electrons. The number of hydrogen-bond acceptors (Lipinski definition) is 3. The lowest BCUT2D eigenvalue weighted by Gasteiger charge is -2.32. The van der Waals surface area contributed by atoms with Crippen molar-refractivity contribution in [1.82, 2.24) is 10.2 Å². The number of β-amino-alcohol motifs (C(OH)–C–C–N with tert-alkyl or cyclic N) is 1. The Bertz CT molecular complexity index is 495. The molecule has 1 amide bonds. The summed E-state index contributed by atoms with van der Waals surface area (Å²) in [5.74, 6) is 0.0802. The summed E-state index contributed by atoms with van der Waals surface area (Å²) in [7, 11) is 0. The van der Waals surface area contributed by atoms with Crippen molar-refractivity contribution in [2.45, 2.75) is 44.9 Å². The van der Waals surface area contributed by atoms with Crippen LogP contribution in [0.4, 0.5) is 0 Å². The number of nitrogens with one attached hydrogen (secondary N) is 1. The zero-order valence-electron chi connectivity index (χ0n) is 12.6. The summed E-state index contributed by atoms with van der Waals surface area (Å²) < 4.78 is 1.02. The number of nitrogens with zero attached hydrogens (tertiary/aromatic N) is 1. The van der Waals surface area contributed by atoms with Crippen LogP contribution in [-0.2, 0) is 4.79 Å². The van der Waals surface area contributed by atoms with E-state index in [1.807, 2.05) is 29.2 Å². The van der Waals surface area contributed by atoms with Crippen molar-refractivity contribution in [2.24, 2.45) is 0 Å². The Morgan fingerprint density at radius 3 is 2.81 bits per heavy atom. The van der Waals surface area contributed by atoms with Gasteiger partial charge in [0.25, 0.3) is 0 Å². The van der Waals surface area contributed by atoms with Crippen LogP contribution in [0.1, 0.15) is 38.3 Å². The first-order valence-corrected chi connectivity index (χ1v) is 8.30. The average Bonchev–Trinajstić information content (AvgIpc) is 2.90. The molecule has 0 aromatic heterocycles. The molecule has 1 fully saturated rings. The van der Waals surface area contributed by atoms with Crippen LogP contribution in [0, 0.1) is 0 Å². The van der Waals surface area contributed by atoms with Gasteiger partial charge in [0.1, 0.15) is 0 Å². The molecule has 0 spiro atoms. The molecule has 0 saturated carbocycles. The summed E-state index contributed by atoms with van der Waals surface area (Å²) in [6.45, 7) is 5.35. The Morgan fingerprint density at radius 1 is 1.52 bits per heavy atom. The molecule has 2 N–H and O–H groups in total.